The number of hydrogen-bond acceptors (Lipinski definition) is 11. The van der Waals surface area contributed by atoms with Crippen molar-refractivity contribution in [1.82, 2.24) is 10.3 Å². The van der Waals surface area contributed by atoms with Crippen LogP contribution < -0.4 is 15.5 Å². The van der Waals surface area contributed by atoms with Gasteiger partial charge in [-0.1, -0.05) is 30.3 Å². The first kappa shape index (κ1) is 24.8. The number of methoxy groups -OCH3 is 2. The Hall–Kier alpha value is -4.85. The maximum absolute atomic E-state index is 13.3. The Kier molecular flexibility index (Phi) is 6.70. The monoisotopic (exact) mass is 514 g/mol. The molecule has 3 aromatic rings. The summed E-state index contributed by atoms with van der Waals surface area (Å²) in [5, 5.41) is 18.5. The first-order chi connectivity index (χ1) is 18.5. The Morgan fingerprint density at radius 1 is 0.974 bits per heavy atom. The van der Waals surface area contributed by atoms with Gasteiger partial charge in [0.25, 0.3) is 0 Å². The molecular formula is C27H26N6O5. The van der Waals surface area contributed by atoms with Gasteiger partial charge in [-0.05, 0) is 47.3 Å². The van der Waals surface area contributed by atoms with Crippen LogP contribution >= 0.6 is 0 Å². The van der Waals surface area contributed by atoms with Crippen molar-refractivity contribution in [2.24, 2.45) is 5.73 Å². The van der Waals surface area contributed by atoms with Gasteiger partial charge in [-0.25, -0.2) is 14.2 Å². The Labute approximate surface area is 218 Å². The van der Waals surface area contributed by atoms with E-state index in [1.54, 1.807) is 36.4 Å². The average molecular weight is 515 g/mol. The SMILES string of the molecule is COC(=O)C1=C(C(=O)OC)N(c2ccc(N3CCCCC3)c3nonc23)C(N)=C(C#N)C1c1ccccc1. The lowest BCUT2D eigenvalue weighted by Crippen LogP contribution is -2.41. The van der Waals surface area contributed by atoms with E-state index in [1.165, 1.54) is 19.1 Å². The molecule has 1 aromatic heterocycles. The molecule has 5 rings (SSSR count). The molecule has 11 heteroatoms. The van der Waals surface area contributed by atoms with Crippen LogP contribution in [0.4, 0.5) is 11.4 Å². The van der Waals surface area contributed by atoms with Crippen LogP contribution in [-0.4, -0.2) is 49.6 Å². The number of hydrogen-bond donors (Lipinski definition) is 1. The van der Waals surface area contributed by atoms with E-state index in [0.717, 1.165) is 38.0 Å². The minimum atomic E-state index is -0.961. The van der Waals surface area contributed by atoms with Gasteiger partial charge < -0.3 is 20.1 Å². The van der Waals surface area contributed by atoms with Crippen molar-refractivity contribution in [3.05, 3.63) is 70.7 Å². The fraction of sp³-hybridized carbons (Fsp3) is 0.296. The summed E-state index contributed by atoms with van der Waals surface area (Å²) in [5.41, 5.74) is 8.94. The van der Waals surface area contributed by atoms with Crippen molar-refractivity contribution in [3.8, 4) is 6.07 Å². The number of carbonyl (C=O) groups is 2. The van der Waals surface area contributed by atoms with Crippen LogP contribution in [0.1, 0.15) is 30.7 Å². The largest absolute Gasteiger partial charge is 0.466 e. The van der Waals surface area contributed by atoms with Gasteiger partial charge in [0, 0.05) is 13.1 Å². The summed E-state index contributed by atoms with van der Waals surface area (Å²) < 4.78 is 15.3. The fourth-order valence-corrected chi connectivity index (χ4v) is 5.17. The summed E-state index contributed by atoms with van der Waals surface area (Å²) in [5.74, 6) is -2.65. The molecule has 0 bridgehead atoms. The van der Waals surface area contributed by atoms with Crippen LogP contribution in [0.15, 0.2) is 69.8 Å². The molecule has 3 heterocycles. The standard InChI is InChI=1S/C27H26N6O5/c1-36-26(34)21-20(16-9-5-3-6-10-16)17(15-28)25(29)33(24(21)27(35)37-2)19-12-11-18(22-23(19)31-38-30-22)32-13-7-4-8-14-32/h3,5-6,9-12,20H,4,7-8,13-14,29H2,1-2H3. The van der Waals surface area contributed by atoms with E-state index in [0.29, 0.717) is 22.3 Å². The first-order valence-corrected chi connectivity index (χ1v) is 12.2. The number of rotatable bonds is 5. The lowest BCUT2D eigenvalue weighted by molar-refractivity contribution is -0.139. The molecule has 2 aliphatic rings. The van der Waals surface area contributed by atoms with Gasteiger partial charge in [-0.2, -0.15) is 5.26 Å². The zero-order valence-electron chi connectivity index (χ0n) is 21.0. The van der Waals surface area contributed by atoms with Crippen molar-refractivity contribution >= 4 is 34.3 Å². The average Bonchev–Trinajstić information content (AvgIpc) is 3.46. The number of esters is 2. The molecule has 194 valence electrons. The smallest absolute Gasteiger partial charge is 0.355 e. The summed E-state index contributed by atoms with van der Waals surface area (Å²) in [6.45, 7) is 1.73. The minimum Gasteiger partial charge on any atom is -0.466 e. The summed E-state index contributed by atoms with van der Waals surface area (Å²) in [4.78, 5) is 30.1. The van der Waals surface area contributed by atoms with Gasteiger partial charge in [0.2, 0.25) is 0 Å². The third-order valence-corrected chi connectivity index (χ3v) is 6.92. The maximum Gasteiger partial charge on any atom is 0.355 e. The second kappa shape index (κ2) is 10.3. The highest BCUT2D eigenvalue weighted by molar-refractivity contribution is 6.09. The van der Waals surface area contributed by atoms with Crippen LogP contribution in [0.3, 0.4) is 0 Å². The number of carbonyl (C=O) groups excluding carboxylic acids is 2. The van der Waals surface area contributed by atoms with Crippen molar-refractivity contribution in [3.63, 3.8) is 0 Å². The lowest BCUT2D eigenvalue weighted by atomic mass is 9.81. The topological polar surface area (TPSA) is 148 Å². The molecule has 0 amide bonds. The quantitative estimate of drug-likeness (QED) is 0.501. The van der Waals surface area contributed by atoms with Gasteiger partial charge in [-0.15, -0.1) is 0 Å². The summed E-state index contributed by atoms with van der Waals surface area (Å²) in [6.07, 6.45) is 3.27. The van der Waals surface area contributed by atoms with E-state index >= 15 is 0 Å². The number of anilines is 2. The maximum atomic E-state index is 13.3. The van der Waals surface area contributed by atoms with Crippen LogP contribution in [0.5, 0.6) is 0 Å². The highest BCUT2D eigenvalue weighted by Crippen LogP contribution is 2.45. The molecule has 1 atom stereocenters. The molecule has 11 nitrogen and oxygen atoms in total. The molecule has 0 saturated carbocycles. The summed E-state index contributed by atoms with van der Waals surface area (Å²) in [7, 11) is 2.41. The van der Waals surface area contributed by atoms with Crippen LogP contribution in [0, 0.1) is 11.3 Å². The molecule has 2 aromatic carbocycles. The van der Waals surface area contributed by atoms with Crippen molar-refractivity contribution in [2.45, 2.75) is 25.2 Å². The predicted octanol–water partition coefficient (Wildman–Crippen LogP) is 3.11. The van der Waals surface area contributed by atoms with Gasteiger partial charge in [0.05, 0.1) is 48.7 Å². The molecule has 1 unspecified atom stereocenters. The van der Waals surface area contributed by atoms with Crippen LogP contribution in [0.2, 0.25) is 0 Å². The Morgan fingerprint density at radius 3 is 2.24 bits per heavy atom. The number of allylic oxidation sites excluding steroid dienone is 1. The van der Waals surface area contributed by atoms with Gasteiger partial charge in [-0.3, -0.25) is 4.90 Å². The highest BCUT2D eigenvalue weighted by Gasteiger charge is 2.43. The van der Waals surface area contributed by atoms with Crippen molar-refractivity contribution in [2.75, 3.05) is 37.1 Å². The minimum absolute atomic E-state index is 0.0515. The van der Waals surface area contributed by atoms with Crippen molar-refractivity contribution in [1.29, 1.82) is 5.26 Å². The molecule has 0 aliphatic carbocycles. The summed E-state index contributed by atoms with van der Waals surface area (Å²) in [6, 6.07) is 14.5. The van der Waals surface area contributed by atoms with E-state index < -0.39 is 17.9 Å². The van der Waals surface area contributed by atoms with Gasteiger partial charge >= 0.3 is 11.9 Å². The molecule has 2 N–H and O–H groups in total. The third-order valence-electron chi connectivity index (χ3n) is 6.92. The highest BCUT2D eigenvalue weighted by atomic mass is 16.6. The predicted molar refractivity (Wildman–Crippen MR) is 137 cm³/mol. The second-order valence-electron chi connectivity index (χ2n) is 8.95. The molecular weight excluding hydrogens is 488 g/mol. The van der Waals surface area contributed by atoms with Gasteiger partial charge in [0.15, 0.2) is 11.0 Å². The number of nitriles is 1. The number of piperidine rings is 1. The van der Waals surface area contributed by atoms with E-state index in [4.69, 9.17) is 19.8 Å². The first-order valence-electron chi connectivity index (χ1n) is 12.2. The number of benzene rings is 2. The Morgan fingerprint density at radius 2 is 1.61 bits per heavy atom. The zero-order chi connectivity index (χ0) is 26.8. The number of fused-ring (bicyclic) bond motifs is 1. The molecule has 2 aliphatic heterocycles. The molecule has 1 saturated heterocycles. The number of ether oxygens (including phenoxy) is 2. The van der Waals surface area contributed by atoms with E-state index in [1.807, 2.05) is 6.07 Å². The number of aromatic nitrogens is 2. The molecule has 0 spiro atoms. The fourth-order valence-electron chi connectivity index (χ4n) is 5.17. The summed E-state index contributed by atoms with van der Waals surface area (Å²) >= 11 is 0. The van der Waals surface area contributed by atoms with Gasteiger partial charge in [0.1, 0.15) is 11.5 Å². The molecule has 1 fully saturated rings. The van der Waals surface area contributed by atoms with E-state index in [2.05, 4.69) is 21.3 Å². The Bertz CT molecular complexity index is 1500. The second-order valence-corrected chi connectivity index (χ2v) is 8.95. The molecule has 38 heavy (non-hydrogen) atoms. The van der Waals surface area contributed by atoms with Crippen molar-refractivity contribution < 1.29 is 23.7 Å². The van der Waals surface area contributed by atoms with E-state index in [-0.39, 0.29) is 22.7 Å². The Balaban J connectivity index is 1.78. The zero-order valence-corrected chi connectivity index (χ0v) is 21.0. The normalized spacial score (nSPS) is 18.0. The van der Waals surface area contributed by atoms with Crippen LogP contribution in [-0.2, 0) is 19.1 Å². The van der Waals surface area contributed by atoms with Crippen LogP contribution in [0.25, 0.3) is 11.0 Å². The molecule has 0 radical (unpaired) electrons. The van der Waals surface area contributed by atoms with E-state index in [9.17, 15) is 14.9 Å². The lowest BCUT2D eigenvalue weighted by Gasteiger charge is -2.36. The third kappa shape index (κ3) is 4.00. The number of nitrogens with zero attached hydrogens (tertiary/aromatic N) is 5. The number of nitrogens with two attached hydrogens (primary N) is 1.